The molecule has 1 heterocycles. The van der Waals surface area contributed by atoms with Gasteiger partial charge < -0.3 is 0 Å². The van der Waals surface area contributed by atoms with Crippen molar-refractivity contribution in [2.75, 3.05) is 51.1 Å². The van der Waals surface area contributed by atoms with Crippen molar-refractivity contribution in [3.63, 3.8) is 0 Å². The van der Waals surface area contributed by atoms with Crippen molar-refractivity contribution in [3.8, 4) is 0 Å². The normalized spacial score (nSPS) is 18.5. The number of benzene rings is 4. The van der Waals surface area contributed by atoms with E-state index in [4.69, 9.17) is 0 Å². The van der Waals surface area contributed by atoms with Gasteiger partial charge in [-0.05, 0) is 102 Å². The van der Waals surface area contributed by atoms with Crippen LogP contribution in [-0.4, -0.2) is 108 Å². The van der Waals surface area contributed by atoms with Gasteiger partial charge >= 0.3 is 0 Å². The van der Waals surface area contributed by atoms with Crippen LogP contribution in [0.2, 0.25) is 0 Å². The maximum atomic E-state index is 14.7. The number of hydrogen-bond acceptors (Lipinski definition) is 8. The van der Waals surface area contributed by atoms with Crippen LogP contribution < -0.4 is 0 Å². The monoisotopic (exact) mass is 936 g/mol. The van der Waals surface area contributed by atoms with Crippen molar-refractivity contribution in [2.45, 2.75) is 79.0 Å². The summed E-state index contributed by atoms with van der Waals surface area (Å²) in [6.07, 6.45) is 0.877. The standard InChI is InChI=1S/C41H53BrN4O8S4/c1-33-9-17-38(18-10-33)55(47,48)43-26-6-28-45(57(51,52)40-21-13-35(3)14-22-40)32-37(8-5-25-42)46(58(53,54)41-23-15-36(4)16-24-41)29-7-27-44(31-30-43)56(49,50)39-19-11-34(2)12-20-39/h9-24,37H,5-8,25-32H2,1-4H3. The highest BCUT2D eigenvalue weighted by Gasteiger charge is 2.37. The summed E-state index contributed by atoms with van der Waals surface area (Å²) in [5.41, 5.74) is 3.45. The zero-order valence-corrected chi connectivity index (χ0v) is 38.2. The highest BCUT2D eigenvalue weighted by Crippen LogP contribution is 2.27. The lowest BCUT2D eigenvalue weighted by atomic mass is 10.1. The number of rotatable bonds is 11. The van der Waals surface area contributed by atoms with Gasteiger partial charge in [0.05, 0.1) is 19.6 Å². The highest BCUT2D eigenvalue weighted by atomic mass is 79.9. The van der Waals surface area contributed by atoms with Crippen LogP contribution in [0.1, 0.15) is 47.9 Å². The summed E-state index contributed by atoms with van der Waals surface area (Å²) >= 11 is 3.47. The van der Waals surface area contributed by atoms with Gasteiger partial charge in [-0.15, -0.1) is 0 Å². The third kappa shape index (κ3) is 11.0. The smallest absolute Gasteiger partial charge is 0.207 e. The lowest BCUT2D eigenvalue weighted by Gasteiger charge is -2.36. The molecule has 1 aliphatic heterocycles. The zero-order chi connectivity index (χ0) is 42.3. The fourth-order valence-corrected chi connectivity index (χ4v) is 13.3. The first kappa shape index (κ1) is 46.1. The molecule has 0 aliphatic carbocycles. The molecule has 58 heavy (non-hydrogen) atoms. The summed E-state index contributed by atoms with van der Waals surface area (Å²) < 4.78 is 120. The van der Waals surface area contributed by atoms with Crippen molar-refractivity contribution in [1.29, 1.82) is 0 Å². The average molecular weight is 938 g/mol. The SMILES string of the molecule is Cc1ccc(S(=O)(=O)N2CCCN(S(=O)(=O)c3ccc(C)cc3)CC(CCCBr)N(S(=O)(=O)c3ccc(C)cc3)CCCN(S(=O)(=O)c3ccc(C)cc3)CC2)cc1. The molecule has 1 atom stereocenters. The number of halogens is 1. The first-order valence-corrected chi connectivity index (χ1v) is 26.1. The van der Waals surface area contributed by atoms with Gasteiger partial charge in [0, 0.05) is 57.2 Å². The van der Waals surface area contributed by atoms with Gasteiger partial charge in [-0.1, -0.05) is 86.7 Å². The van der Waals surface area contributed by atoms with E-state index in [1.54, 1.807) is 48.5 Å². The van der Waals surface area contributed by atoms with E-state index in [-0.39, 0.29) is 84.7 Å². The Labute approximate surface area is 354 Å². The summed E-state index contributed by atoms with van der Waals surface area (Å²) in [6.45, 7) is 6.16. The van der Waals surface area contributed by atoms with Crippen molar-refractivity contribution < 1.29 is 33.7 Å². The number of sulfonamides is 4. The first-order valence-electron chi connectivity index (χ1n) is 19.2. The van der Waals surface area contributed by atoms with Gasteiger partial charge in [0.15, 0.2) is 0 Å². The Balaban J connectivity index is 1.63. The zero-order valence-electron chi connectivity index (χ0n) is 33.4. The molecule has 0 radical (unpaired) electrons. The van der Waals surface area contributed by atoms with Gasteiger partial charge in [-0.2, -0.15) is 17.2 Å². The van der Waals surface area contributed by atoms with E-state index < -0.39 is 46.1 Å². The largest absolute Gasteiger partial charge is 0.243 e. The topological polar surface area (TPSA) is 150 Å². The molecule has 1 unspecified atom stereocenters. The number of aryl methyl sites for hydroxylation is 4. The summed E-state index contributed by atoms with van der Waals surface area (Å²) in [5.74, 6) is 0. The molecule has 12 nitrogen and oxygen atoms in total. The summed E-state index contributed by atoms with van der Waals surface area (Å²) in [7, 11) is -16.8. The average Bonchev–Trinajstić information content (AvgIpc) is 3.18. The minimum atomic E-state index is -4.23. The summed E-state index contributed by atoms with van der Waals surface area (Å²) in [4.78, 5) is 0.135. The van der Waals surface area contributed by atoms with E-state index in [1.165, 1.54) is 65.8 Å². The van der Waals surface area contributed by atoms with E-state index in [1.807, 2.05) is 27.7 Å². The molecule has 0 spiro atoms. The predicted octanol–water partition coefficient (Wildman–Crippen LogP) is 6.32. The van der Waals surface area contributed by atoms with Crippen LogP contribution in [0.4, 0.5) is 0 Å². The van der Waals surface area contributed by atoms with E-state index >= 15 is 0 Å². The molecule has 4 aromatic rings. The third-order valence-corrected chi connectivity index (χ3v) is 18.5. The van der Waals surface area contributed by atoms with Crippen molar-refractivity contribution in [1.82, 2.24) is 17.2 Å². The van der Waals surface area contributed by atoms with Gasteiger partial charge in [-0.3, -0.25) is 0 Å². The van der Waals surface area contributed by atoms with Gasteiger partial charge in [-0.25, -0.2) is 33.7 Å². The van der Waals surface area contributed by atoms with E-state index in [9.17, 15) is 33.7 Å². The molecule has 1 aliphatic rings. The molecule has 5 rings (SSSR count). The Bertz CT molecular complexity index is 2430. The Morgan fingerprint density at radius 2 is 0.759 bits per heavy atom. The molecule has 4 aromatic carbocycles. The van der Waals surface area contributed by atoms with Gasteiger partial charge in [0.1, 0.15) is 0 Å². The second-order valence-electron chi connectivity index (χ2n) is 14.7. The molecular weight excluding hydrogens is 885 g/mol. The third-order valence-electron chi connectivity index (χ3n) is 10.3. The fraction of sp³-hybridized carbons (Fsp3) is 0.415. The van der Waals surface area contributed by atoms with Crippen LogP contribution in [-0.2, 0) is 40.1 Å². The number of hydrogen-bond donors (Lipinski definition) is 0. The molecule has 0 N–H and O–H groups in total. The van der Waals surface area contributed by atoms with Crippen LogP contribution in [0.15, 0.2) is 117 Å². The highest BCUT2D eigenvalue weighted by molar-refractivity contribution is 9.09. The molecule has 1 saturated heterocycles. The maximum Gasteiger partial charge on any atom is 0.243 e. The van der Waals surface area contributed by atoms with Crippen LogP contribution in [0.25, 0.3) is 0 Å². The Morgan fingerprint density at radius 3 is 1.12 bits per heavy atom. The van der Waals surface area contributed by atoms with Crippen molar-refractivity contribution in [2.24, 2.45) is 0 Å². The quantitative estimate of drug-likeness (QED) is 0.159. The van der Waals surface area contributed by atoms with E-state index in [0.29, 0.717) is 11.8 Å². The molecular formula is C41H53BrN4O8S4. The molecule has 0 bridgehead atoms. The van der Waals surface area contributed by atoms with Crippen LogP contribution >= 0.6 is 15.9 Å². The molecule has 0 amide bonds. The number of alkyl halides is 1. The summed E-state index contributed by atoms with van der Waals surface area (Å²) in [6, 6.07) is 24.8. The fourth-order valence-electron chi connectivity index (χ4n) is 6.86. The Kier molecular flexibility index (Phi) is 15.6. The van der Waals surface area contributed by atoms with Crippen molar-refractivity contribution in [3.05, 3.63) is 119 Å². The molecule has 316 valence electrons. The molecule has 1 fully saturated rings. The van der Waals surface area contributed by atoms with E-state index in [2.05, 4.69) is 15.9 Å². The first-order chi connectivity index (χ1) is 27.4. The lowest BCUT2D eigenvalue weighted by molar-refractivity contribution is 0.233. The van der Waals surface area contributed by atoms with Crippen LogP contribution in [0.3, 0.4) is 0 Å². The lowest BCUT2D eigenvalue weighted by Crippen LogP contribution is -2.50. The van der Waals surface area contributed by atoms with E-state index in [0.717, 1.165) is 22.3 Å². The van der Waals surface area contributed by atoms with Gasteiger partial charge in [0.2, 0.25) is 40.1 Å². The molecule has 0 aromatic heterocycles. The van der Waals surface area contributed by atoms with Crippen LogP contribution in [0.5, 0.6) is 0 Å². The molecule has 0 saturated carbocycles. The Hall–Kier alpha value is -3.00. The van der Waals surface area contributed by atoms with Crippen molar-refractivity contribution >= 4 is 56.0 Å². The molecule has 17 heteroatoms. The summed E-state index contributed by atoms with van der Waals surface area (Å²) in [5, 5.41) is 0.529. The van der Waals surface area contributed by atoms with Crippen LogP contribution in [0, 0.1) is 27.7 Å². The second kappa shape index (κ2) is 19.6. The number of nitrogens with zero attached hydrogens (tertiary/aromatic N) is 4. The minimum Gasteiger partial charge on any atom is -0.207 e. The minimum absolute atomic E-state index is 0.0306. The predicted molar refractivity (Wildman–Crippen MR) is 231 cm³/mol. The second-order valence-corrected chi connectivity index (χ2v) is 23.2. The van der Waals surface area contributed by atoms with Gasteiger partial charge in [0.25, 0.3) is 0 Å². The Morgan fingerprint density at radius 1 is 0.448 bits per heavy atom. The maximum absolute atomic E-state index is 14.7.